The first kappa shape index (κ1) is 28.2. The molecule has 0 bridgehead atoms. The number of amides is 1. The number of benzene rings is 2. The molecule has 0 fully saturated rings. The number of aryl methyl sites for hydroxylation is 1. The summed E-state index contributed by atoms with van der Waals surface area (Å²) in [6.07, 6.45) is 5.74. The number of aliphatic hydroxyl groups excluding tert-OH is 1. The first-order chi connectivity index (χ1) is 19.8. The first-order valence-electron chi connectivity index (χ1n) is 13.1. The lowest BCUT2D eigenvalue weighted by Gasteiger charge is -2.27. The van der Waals surface area contributed by atoms with Crippen molar-refractivity contribution in [3.8, 4) is 22.6 Å². The summed E-state index contributed by atoms with van der Waals surface area (Å²) < 4.78 is 38.7. The number of rotatable bonds is 10. The molecule has 5 rings (SSSR count). The predicted molar refractivity (Wildman–Crippen MR) is 152 cm³/mol. The minimum atomic E-state index is -4.09. The van der Waals surface area contributed by atoms with Gasteiger partial charge in [0.05, 0.1) is 18.1 Å². The highest BCUT2D eigenvalue weighted by Gasteiger charge is 2.22. The molecule has 4 aromatic rings. The smallest absolute Gasteiger partial charge is 0.283 e. The van der Waals surface area contributed by atoms with Crippen molar-refractivity contribution in [3.05, 3.63) is 102 Å². The topological polar surface area (TPSA) is 140 Å². The number of ether oxygens (including phenoxy) is 2. The van der Waals surface area contributed by atoms with Gasteiger partial charge in [-0.2, -0.15) is 0 Å². The molecule has 2 atom stereocenters. The van der Waals surface area contributed by atoms with Gasteiger partial charge in [-0.05, 0) is 84.1 Å². The zero-order valence-electron chi connectivity index (χ0n) is 22.4. The van der Waals surface area contributed by atoms with E-state index in [-0.39, 0.29) is 16.7 Å². The molecule has 0 saturated heterocycles. The summed E-state index contributed by atoms with van der Waals surface area (Å²) in [5, 5.41) is 13.6. The van der Waals surface area contributed by atoms with Crippen molar-refractivity contribution < 1.29 is 27.8 Å². The van der Waals surface area contributed by atoms with Crippen LogP contribution in [0, 0.1) is 0 Å². The molecule has 2 aromatic carbocycles. The zero-order valence-corrected chi connectivity index (χ0v) is 23.2. The molecule has 0 radical (unpaired) electrons. The fourth-order valence-electron chi connectivity index (χ4n) is 4.56. The summed E-state index contributed by atoms with van der Waals surface area (Å²) in [4.78, 5) is 20.9. The number of pyridine rings is 2. The van der Waals surface area contributed by atoms with Crippen LogP contribution >= 0.6 is 0 Å². The number of nitrogens with zero attached hydrogens (tertiary/aromatic N) is 2. The van der Waals surface area contributed by atoms with Gasteiger partial charge in [-0.1, -0.05) is 12.1 Å². The lowest BCUT2D eigenvalue weighted by atomic mass is 9.97. The minimum Gasteiger partial charge on any atom is -0.497 e. The van der Waals surface area contributed by atoms with Crippen LogP contribution in [0.3, 0.4) is 0 Å². The summed E-state index contributed by atoms with van der Waals surface area (Å²) in [5.74, 6) is 0.467. The number of methoxy groups -OCH3 is 1. The average molecular weight is 575 g/mol. The molecule has 11 heteroatoms. The average Bonchev–Trinajstić information content (AvgIpc) is 3.01. The van der Waals surface area contributed by atoms with Gasteiger partial charge in [-0.25, -0.2) is 13.1 Å². The highest BCUT2D eigenvalue weighted by Crippen LogP contribution is 2.32. The van der Waals surface area contributed by atoms with E-state index in [1.54, 1.807) is 30.6 Å². The molecular weight excluding hydrogens is 544 g/mol. The molecule has 212 valence electrons. The number of hydrogen-bond acceptors (Lipinski definition) is 9. The van der Waals surface area contributed by atoms with Crippen LogP contribution < -0.4 is 19.5 Å². The number of carbonyl (C=O) groups is 1. The highest BCUT2D eigenvalue weighted by molar-refractivity contribution is 7.90. The van der Waals surface area contributed by atoms with Crippen molar-refractivity contribution in [1.82, 2.24) is 20.0 Å². The largest absolute Gasteiger partial charge is 0.497 e. The van der Waals surface area contributed by atoms with E-state index < -0.39 is 22.0 Å². The maximum absolute atomic E-state index is 12.8. The Labute approximate surface area is 238 Å². The summed E-state index contributed by atoms with van der Waals surface area (Å²) in [6.45, 7) is 0.997. The van der Waals surface area contributed by atoms with Crippen LogP contribution in [-0.2, 0) is 16.4 Å². The Morgan fingerprint density at radius 3 is 2.66 bits per heavy atom. The van der Waals surface area contributed by atoms with E-state index in [9.17, 15) is 18.3 Å². The molecule has 1 amide bonds. The molecule has 0 aliphatic carbocycles. The van der Waals surface area contributed by atoms with Crippen molar-refractivity contribution in [2.24, 2.45) is 0 Å². The molecular formula is C30H30N4O6S. The standard InChI is InChI=1S/C30H30N4O6S/c1-39-24-7-9-26(10-8-24)41(37,38)34-30(36)27-16-21(12-14-33-27)20-5-11-29-22(15-20)4-6-25(40-29)18-32-19-28(35)23-3-2-13-31-17-23/h2-3,5,7-17,25,28,32,35H,4,6,18-19H2,1H3,(H,34,36)/t25-,28+/m1/s1. The van der Waals surface area contributed by atoms with Crippen molar-refractivity contribution in [2.75, 3.05) is 20.2 Å². The minimum absolute atomic E-state index is 0.0202. The number of fused-ring (bicyclic) bond motifs is 1. The third-order valence-corrected chi connectivity index (χ3v) is 8.14. The van der Waals surface area contributed by atoms with E-state index in [2.05, 4.69) is 20.0 Å². The molecule has 1 aliphatic heterocycles. The molecule has 10 nitrogen and oxygen atoms in total. The molecule has 3 N–H and O–H groups in total. The normalized spacial score (nSPS) is 15.3. The van der Waals surface area contributed by atoms with Crippen molar-refractivity contribution in [1.29, 1.82) is 0 Å². The summed E-state index contributed by atoms with van der Waals surface area (Å²) >= 11 is 0. The van der Waals surface area contributed by atoms with Crippen LogP contribution in [0.15, 0.2) is 90.2 Å². The third-order valence-electron chi connectivity index (χ3n) is 6.79. The van der Waals surface area contributed by atoms with E-state index >= 15 is 0 Å². The Hall–Kier alpha value is -4.32. The lowest BCUT2D eigenvalue weighted by molar-refractivity contribution is 0.0976. The number of aromatic nitrogens is 2. The molecule has 0 unspecified atom stereocenters. The molecule has 0 saturated carbocycles. The van der Waals surface area contributed by atoms with Gasteiger partial charge in [0, 0.05) is 37.2 Å². The third kappa shape index (κ3) is 6.88. The number of carbonyl (C=O) groups excluding carboxylic acids is 1. The van der Waals surface area contributed by atoms with Crippen LogP contribution in [-0.4, -0.2) is 55.7 Å². The maximum Gasteiger partial charge on any atom is 0.283 e. The summed E-state index contributed by atoms with van der Waals surface area (Å²) in [7, 11) is -2.61. The van der Waals surface area contributed by atoms with Gasteiger partial charge in [-0.15, -0.1) is 0 Å². The fourth-order valence-corrected chi connectivity index (χ4v) is 5.52. The van der Waals surface area contributed by atoms with Gasteiger partial charge in [0.15, 0.2) is 0 Å². The van der Waals surface area contributed by atoms with Crippen LogP contribution in [0.4, 0.5) is 0 Å². The predicted octanol–water partition coefficient (Wildman–Crippen LogP) is 3.29. The molecule has 2 aromatic heterocycles. The second-order valence-electron chi connectivity index (χ2n) is 9.60. The van der Waals surface area contributed by atoms with E-state index in [0.29, 0.717) is 18.8 Å². The monoisotopic (exact) mass is 574 g/mol. The maximum atomic E-state index is 12.8. The van der Waals surface area contributed by atoms with Crippen LogP contribution in [0.2, 0.25) is 0 Å². The van der Waals surface area contributed by atoms with Crippen molar-refractivity contribution in [2.45, 2.75) is 29.9 Å². The van der Waals surface area contributed by atoms with Gasteiger partial charge in [-0.3, -0.25) is 14.8 Å². The zero-order chi connectivity index (χ0) is 28.8. The Balaban J connectivity index is 1.20. The highest BCUT2D eigenvalue weighted by atomic mass is 32.2. The second kappa shape index (κ2) is 12.5. The van der Waals surface area contributed by atoms with E-state index in [0.717, 1.165) is 40.8 Å². The number of aliphatic hydroxyl groups is 1. The van der Waals surface area contributed by atoms with E-state index in [1.807, 2.05) is 24.3 Å². The number of nitrogens with one attached hydrogen (secondary N) is 2. The van der Waals surface area contributed by atoms with Gasteiger partial charge >= 0.3 is 0 Å². The number of hydrogen-bond donors (Lipinski definition) is 3. The lowest BCUT2D eigenvalue weighted by Crippen LogP contribution is -2.36. The second-order valence-corrected chi connectivity index (χ2v) is 11.3. The van der Waals surface area contributed by atoms with E-state index in [4.69, 9.17) is 9.47 Å². The molecule has 1 aliphatic rings. The fraction of sp³-hybridized carbons (Fsp3) is 0.233. The Bertz CT molecular complexity index is 1610. The van der Waals surface area contributed by atoms with Gasteiger partial charge < -0.3 is 19.9 Å². The van der Waals surface area contributed by atoms with E-state index in [1.165, 1.54) is 37.6 Å². The Morgan fingerprint density at radius 2 is 1.90 bits per heavy atom. The van der Waals surface area contributed by atoms with Gasteiger partial charge in [0.2, 0.25) is 0 Å². The van der Waals surface area contributed by atoms with Crippen LogP contribution in [0.25, 0.3) is 11.1 Å². The summed E-state index contributed by atoms with van der Waals surface area (Å²) in [6, 6.07) is 18.5. The molecule has 41 heavy (non-hydrogen) atoms. The van der Waals surface area contributed by atoms with Crippen molar-refractivity contribution in [3.63, 3.8) is 0 Å². The summed E-state index contributed by atoms with van der Waals surface area (Å²) in [5.41, 5.74) is 3.37. The quantitative estimate of drug-likeness (QED) is 0.260. The van der Waals surface area contributed by atoms with Crippen LogP contribution in [0.5, 0.6) is 11.5 Å². The van der Waals surface area contributed by atoms with Crippen LogP contribution in [0.1, 0.15) is 34.1 Å². The number of sulfonamides is 1. The molecule has 0 spiro atoms. The first-order valence-corrected chi connectivity index (χ1v) is 14.6. The van der Waals surface area contributed by atoms with Gasteiger partial charge in [0.25, 0.3) is 15.9 Å². The molecule has 3 heterocycles. The SMILES string of the molecule is COc1ccc(S(=O)(=O)NC(=O)c2cc(-c3ccc4c(c3)CC[C@H](CNC[C@H](O)c3cccnc3)O4)ccn2)cc1. The Morgan fingerprint density at radius 1 is 1.10 bits per heavy atom. The van der Waals surface area contributed by atoms with Gasteiger partial charge in [0.1, 0.15) is 23.3 Å². The van der Waals surface area contributed by atoms with Crippen molar-refractivity contribution >= 4 is 15.9 Å². The Kier molecular flexibility index (Phi) is 8.58.